The standard InChI is InChI=1S/C19H17ClN6O2/c20-12-8-23-18-15(25-17(26-18)11-2-1-5-22-7-11)14(12)24-13-9-3-4-10(6-9)16(13)28-19(21)27/h1-5,7-10,13,16H,6H2,(H2,21,27)(H2,23,24,25,26)/t9-,10+,13+,16-/m0/s1. The van der Waals surface area contributed by atoms with Gasteiger partial charge in [0.05, 0.1) is 22.9 Å². The first-order valence-electron chi connectivity index (χ1n) is 8.95. The SMILES string of the molecule is NC(=O)O[C@@H]1[C@H](Nc2c(Cl)cnc3nc(-c4cccnc4)[nH]c23)[C@H]2C=C[C@@H]1C2. The topological polar surface area (TPSA) is 119 Å². The fraction of sp³-hybridized carbons (Fsp3) is 0.263. The van der Waals surface area contributed by atoms with Crippen LogP contribution in [0.1, 0.15) is 6.42 Å². The summed E-state index contributed by atoms with van der Waals surface area (Å²) in [5.74, 6) is 1.03. The van der Waals surface area contributed by atoms with Crippen molar-refractivity contribution >= 4 is 34.5 Å². The number of pyridine rings is 2. The lowest BCUT2D eigenvalue weighted by atomic mass is 9.98. The number of hydrogen-bond donors (Lipinski definition) is 3. The Bertz CT molecular complexity index is 1080. The van der Waals surface area contributed by atoms with Crippen LogP contribution in [0.25, 0.3) is 22.6 Å². The van der Waals surface area contributed by atoms with E-state index in [0.29, 0.717) is 27.7 Å². The van der Waals surface area contributed by atoms with Crippen molar-refractivity contribution in [3.63, 3.8) is 0 Å². The van der Waals surface area contributed by atoms with Crippen LogP contribution in [0.2, 0.25) is 5.02 Å². The molecule has 3 aromatic heterocycles. The number of amides is 1. The van der Waals surface area contributed by atoms with Crippen molar-refractivity contribution in [2.24, 2.45) is 17.6 Å². The second kappa shape index (κ2) is 6.49. The average molecular weight is 397 g/mol. The van der Waals surface area contributed by atoms with Gasteiger partial charge in [0.2, 0.25) is 0 Å². The predicted octanol–water partition coefficient (Wildman–Crippen LogP) is 3.12. The number of nitrogens with zero attached hydrogens (tertiary/aromatic N) is 3. The van der Waals surface area contributed by atoms with E-state index >= 15 is 0 Å². The van der Waals surface area contributed by atoms with Crippen LogP contribution in [0.15, 0.2) is 42.9 Å². The summed E-state index contributed by atoms with van der Waals surface area (Å²) in [5, 5.41) is 3.92. The van der Waals surface area contributed by atoms with E-state index < -0.39 is 6.09 Å². The molecule has 4 N–H and O–H groups in total. The number of carbonyl (C=O) groups excluding carboxylic acids is 1. The van der Waals surface area contributed by atoms with E-state index in [9.17, 15) is 4.79 Å². The summed E-state index contributed by atoms with van der Waals surface area (Å²) in [6, 6.07) is 3.63. The highest BCUT2D eigenvalue weighted by Gasteiger charge is 2.47. The second-order valence-corrected chi connectivity index (χ2v) is 7.43. The number of rotatable bonds is 4. The summed E-state index contributed by atoms with van der Waals surface area (Å²) < 4.78 is 5.39. The van der Waals surface area contributed by atoms with Crippen LogP contribution in [-0.2, 0) is 4.74 Å². The first-order valence-corrected chi connectivity index (χ1v) is 9.33. The number of fused-ring (bicyclic) bond motifs is 3. The number of imidazole rings is 1. The lowest BCUT2D eigenvalue weighted by molar-refractivity contribution is 0.0854. The molecule has 0 aromatic carbocycles. The third kappa shape index (κ3) is 2.77. The molecule has 0 saturated heterocycles. The van der Waals surface area contributed by atoms with Gasteiger partial charge in [0.15, 0.2) is 5.65 Å². The van der Waals surface area contributed by atoms with Gasteiger partial charge in [-0.3, -0.25) is 4.98 Å². The molecule has 142 valence electrons. The number of anilines is 1. The maximum absolute atomic E-state index is 11.4. The predicted molar refractivity (Wildman–Crippen MR) is 105 cm³/mol. The van der Waals surface area contributed by atoms with Gasteiger partial charge in [-0.05, 0) is 18.6 Å². The molecule has 5 rings (SSSR count). The largest absolute Gasteiger partial charge is 0.444 e. The summed E-state index contributed by atoms with van der Waals surface area (Å²) in [4.78, 5) is 27.6. The molecule has 2 aliphatic carbocycles. The number of primary amides is 1. The van der Waals surface area contributed by atoms with Crippen LogP contribution in [0.5, 0.6) is 0 Å². The summed E-state index contributed by atoms with van der Waals surface area (Å²) in [7, 11) is 0. The smallest absolute Gasteiger partial charge is 0.404 e. The number of aromatic nitrogens is 4. The molecule has 2 aliphatic rings. The number of nitrogens with one attached hydrogen (secondary N) is 2. The van der Waals surface area contributed by atoms with Crippen LogP contribution in [-0.4, -0.2) is 38.2 Å². The fourth-order valence-corrected chi connectivity index (χ4v) is 4.34. The van der Waals surface area contributed by atoms with Gasteiger partial charge in [0.1, 0.15) is 17.4 Å². The van der Waals surface area contributed by atoms with E-state index in [1.807, 2.05) is 12.1 Å². The Labute approximate surface area is 165 Å². The minimum Gasteiger partial charge on any atom is -0.444 e. The van der Waals surface area contributed by atoms with Gasteiger partial charge >= 0.3 is 6.09 Å². The van der Waals surface area contributed by atoms with E-state index in [0.717, 1.165) is 12.0 Å². The van der Waals surface area contributed by atoms with Gasteiger partial charge in [-0.25, -0.2) is 14.8 Å². The van der Waals surface area contributed by atoms with Crippen molar-refractivity contribution in [1.82, 2.24) is 19.9 Å². The maximum Gasteiger partial charge on any atom is 0.404 e. The van der Waals surface area contributed by atoms with Crippen LogP contribution in [0.3, 0.4) is 0 Å². The van der Waals surface area contributed by atoms with E-state index in [1.54, 1.807) is 18.6 Å². The molecule has 0 unspecified atom stereocenters. The molecule has 2 bridgehead atoms. The van der Waals surface area contributed by atoms with Crippen molar-refractivity contribution in [2.75, 3.05) is 5.32 Å². The van der Waals surface area contributed by atoms with Crippen molar-refractivity contribution in [3.05, 3.63) is 47.9 Å². The number of ether oxygens (including phenoxy) is 1. The molecule has 0 radical (unpaired) electrons. The summed E-state index contributed by atoms with van der Waals surface area (Å²) in [5.41, 5.74) is 8.03. The minimum atomic E-state index is -0.774. The van der Waals surface area contributed by atoms with E-state index in [4.69, 9.17) is 22.1 Å². The molecule has 9 heteroatoms. The van der Waals surface area contributed by atoms with Crippen molar-refractivity contribution < 1.29 is 9.53 Å². The molecule has 8 nitrogen and oxygen atoms in total. The highest BCUT2D eigenvalue weighted by atomic mass is 35.5. The molecule has 1 amide bonds. The van der Waals surface area contributed by atoms with Crippen LogP contribution < -0.4 is 11.1 Å². The molecule has 0 aliphatic heterocycles. The Hall–Kier alpha value is -3.13. The number of hydrogen-bond acceptors (Lipinski definition) is 6. The van der Waals surface area contributed by atoms with Crippen LogP contribution in [0.4, 0.5) is 10.5 Å². The molecular weight excluding hydrogens is 380 g/mol. The lowest BCUT2D eigenvalue weighted by Gasteiger charge is -2.29. The van der Waals surface area contributed by atoms with E-state index in [-0.39, 0.29) is 24.0 Å². The number of aromatic amines is 1. The molecule has 4 atom stereocenters. The van der Waals surface area contributed by atoms with E-state index in [1.165, 1.54) is 0 Å². The summed E-state index contributed by atoms with van der Waals surface area (Å²) in [6.07, 6.45) is 9.01. The fourth-order valence-electron chi connectivity index (χ4n) is 4.14. The molecule has 3 aromatic rings. The third-order valence-corrected chi connectivity index (χ3v) is 5.65. The number of halogens is 1. The molecule has 1 saturated carbocycles. The average Bonchev–Trinajstić information content (AvgIpc) is 3.40. The highest BCUT2D eigenvalue weighted by Crippen LogP contribution is 2.44. The van der Waals surface area contributed by atoms with Crippen molar-refractivity contribution in [3.8, 4) is 11.4 Å². The quantitative estimate of drug-likeness (QED) is 0.583. The van der Waals surface area contributed by atoms with Gasteiger partial charge in [-0.2, -0.15) is 0 Å². The lowest BCUT2D eigenvalue weighted by Crippen LogP contribution is -2.41. The zero-order valence-electron chi connectivity index (χ0n) is 14.7. The van der Waals surface area contributed by atoms with Crippen LogP contribution >= 0.6 is 11.6 Å². The normalized spacial score (nSPS) is 25.3. The Morgan fingerprint density at radius 2 is 2.18 bits per heavy atom. The maximum atomic E-state index is 11.4. The van der Waals surface area contributed by atoms with Crippen molar-refractivity contribution in [1.29, 1.82) is 0 Å². The third-order valence-electron chi connectivity index (χ3n) is 5.36. The molecule has 0 spiro atoms. The Morgan fingerprint density at radius 1 is 1.32 bits per heavy atom. The number of H-pyrrole nitrogens is 1. The summed E-state index contributed by atoms with van der Waals surface area (Å²) >= 11 is 6.46. The molecule has 1 fully saturated rings. The second-order valence-electron chi connectivity index (χ2n) is 7.03. The summed E-state index contributed by atoms with van der Waals surface area (Å²) in [6.45, 7) is 0. The number of carbonyl (C=O) groups is 1. The highest BCUT2D eigenvalue weighted by molar-refractivity contribution is 6.34. The molecular formula is C19H17ClN6O2. The molecule has 3 heterocycles. The van der Waals surface area contributed by atoms with Gasteiger partial charge in [0.25, 0.3) is 0 Å². The van der Waals surface area contributed by atoms with Crippen LogP contribution in [0, 0.1) is 11.8 Å². The number of nitrogens with two attached hydrogens (primary N) is 1. The van der Waals surface area contributed by atoms with Gasteiger partial charge in [-0.1, -0.05) is 23.8 Å². The Morgan fingerprint density at radius 3 is 2.96 bits per heavy atom. The van der Waals surface area contributed by atoms with Gasteiger partial charge in [0, 0.05) is 29.8 Å². The Kier molecular flexibility index (Phi) is 3.94. The minimum absolute atomic E-state index is 0.129. The zero-order chi connectivity index (χ0) is 19.3. The van der Waals surface area contributed by atoms with Gasteiger partial charge < -0.3 is 20.8 Å². The first kappa shape index (κ1) is 17.0. The monoisotopic (exact) mass is 396 g/mol. The van der Waals surface area contributed by atoms with Gasteiger partial charge in [-0.15, -0.1) is 0 Å². The zero-order valence-corrected chi connectivity index (χ0v) is 15.4. The Balaban J connectivity index is 1.53. The molecule has 28 heavy (non-hydrogen) atoms. The van der Waals surface area contributed by atoms with Crippen molar-refractivity contribution in [2.45, 2.75) is 18.6 Å². The first-order chi connectivity index (χ1) is 13.6. The van der Waals surface area contributed by atoms with E-state index in [2.05, 4.69) is 37.4 Å².